The van der Waals surface area contributed by atoms with E-state index >= 15 is 0 Å². The highest BCUT2D eigenvalue weighted by Gasteiger charge is 2.34. The molecule has 7 heteroatoms. The molecule has 0 saturated carbocycles. The molecule has 0 spiro atoms. The van der Waals surface area contributed by atoms with Gasteiger partial charge >= 0.3 is 5.97 Å². The maximum atomic E-state index is 12.6. The Labute approximate surface area is 169 Å². The molecule has 2 unspecified atom stereocenters. The van der Waals surface area contributed by atoms with Crippen molar-refractivity contribution in [3.05, 3.63) is 59.8 Å². The Balaban J connectivity index is 1.81. The van der Waals surface area contributed by atoms with Gasteiger partial charge < -0.3 is 14.4 Å². The molecule has 0 saturated heterocycles. The van der Waals surface area contributed by atoms with Crippen LogP contribution in [0.25, 0.3) is 10.9 Å². The van der Waals surface area contributed by atoms with Gasteiger partial charge in [-0.15, -0.1) is 0 Å². The maximum absolute atomic E-state index is 12.6. The zero-order chi connectivity index (χ0) is 20.8. The van der Waals surface area contributed by atoms with Crippen LogP contribution in [0.15, 0.2) is 53.4 Å². The summed E-state index contributed by atoms with van der Waals surface area (Å²) in [5, 5.41) is 10.2. The van der Waals surface area contributed by atoms with E-state index in [9.17, 15) is 18.3 Å². The SMILES string of the molecule is CC(C(=O)O)C1CCc2cc3cc(OCc4ccccc4)cc(S(C)(=O)=O)c3n21. The molecule has 0 radical (unpaired) electrons. The molecule has 29 heavy (non-hydrogen) atoms. The lowest BCUT2D eigenvalue weighted by Crippen LogP contribution is -2.21. The number of hydrogen-bond acceptors (Lipinski definition) is 4. The van der Waals surface area contributed by atoms with E-state index in [0.29, 0.717) is 24.3 Å². The fourth-order valence-corrected chi connectivity index (χ4v) is 5.00. The van der Waals surface area contributed by atoms with Crippen LogP contribution in [-0.4, -0.2) is 30.3 Å². The molecule has 2 atom stereocenters. The molecule has 3 aromatic rings. The summed E-state index contributed by atoms with van der Waals surface area (Å²) in [5.74, 6) is -1.00. The summed E-state index contributed by atoms with van der Waals surface area (Å²) < 4.78 is 33.0. The topological polar surface area (TPSA) is 85.6 Å². The summed E-state index contributed by atoms with van der Waals surface area (Å²) in [6, 6.07) is 14.7. The summed E-state index contributed by atoms with van der Waals surface area (Å²) >= 11 is 0. The first-order valence-corrected chi connectivity index (χ1v) is 11.4. The molecule has 2 heterocycles. The monoisotopic (exact) mass is 413 g/mol. The number of carbonyl (C=O) groups is 1. The summed E-state index contributed by atoms with van der Waals surface area (Å²) in [5.41, 5.74) is 2.52. The average Bonchev–Trinajstić information content (AvgIpc) is 3.24. The van der Waals surface area contributed by atoms with E-state index in [0.717, 1.165) is 23.1 Å². The van der Waals surface area contributed by atoms with Gasteiger partial charge in [-0.2, -0.15) is 0 Å². The number of ether oxygens (including phenoxy) is 1. The standard InChI is InChI=1S/C22H23NO5S/c1-14(22(24)25)19-9-8-17-10-16-11-18(28-13-15-6-4-3-5-7-15)12-20(29(2,26)27)21(16)23(17)19/h3-7,10-12,14,19H,8-9,13H2,1-2H3,(H,24,25). The maximum Gasteiger partial charge on any atom is 0.308 e. The van der Waals surface area contributed by atoms with Crippen LogP contribution in [0.2, 0.25) is 0 Å². The van der Waals surface area contributed by atoms with Crippen LogP contribution in [0.4, 0.5) is 0 Å². The van der Waals surface area contributed by atoms with Crippen molar-refractivity contribution in [1.82, 2.24) is 4.57 Å². The lowest BCUT2D eigenvalue weighted by atomic mass is 9.99. The summed E-state index contributed by atoms with van der Waals surface area (Å²) in [6.07, 6.45) is 2.59. The first kappa shape index (κ1) is 19.5. The van der Waals surface area contributed by atoms with E-state index in [1.165, 1.54) is 6.26 Å². The van der Waals surface area contributed by atoms with E-state index in [2.05, 4.69) is 0 Å². The molecule has 2 aromatic carbocycles. The van der Waals surface area contributed by atoms with Crippen LogP contribution in [0.3, 0.4) is 0 Å². The van der Waals surface area contributed by atoms with Crippen LogP contribution < -0.4 is 4.74 Å². The van der Waals surface area contributed by atoms with Gasteiger partial charge in [0.1, 0.15) is 12.4 Å². The van der Waals surface area contributed by atoms with Crippen LogP contribution >= 0.6 is 0 Å². The molecule has 0 fully saturated rings. The van der Waals surface area contributed by atoms with Gasteiger partial charge in [-0.05, 0) is 37.5 Å². The Morgan fingerprint density at radius 3 is 2.62 bits per heavy atom. The van der Waals surface area contributed by atoms with Gasteiger partial charge in [0.25, 0.3) is 0 Å². The van der Waals surface area contributed by atoms with Crippen LogP contribution in [0, 0.1) is 5.92 Å². The molecule has 1 aliphatic rings. The van der Waals surface area contributed by atoms with Crippen molar-refractivity contribution in [2.24, 2.45) is 5.92 Å². The number of nitrogens with zero attached hydrogens (tertiary/aromatic N) is 1. The van der Waals surface area contributed by atoms with Crippen molar-refractivity contribution < 1.29 is 23.1 Å². The predicted molar refractivity (Wildman–Crippen MR) is 110 cm³/mol. The highest BCUT2D eigenvalue weighted by Crippen LogP contribution is 2.41. The molecule has 1 aromatic heterocycles. The van der Waals surface area contributed by atoms with Crippen LogP contribution in [-0.2, 0) is 27.7 Å². The number of benzene rings is 2. The lowest BCUT2D eigenvalue weighted by molar-refractivity contribution is -0.142. The largest absolute Gasteiger partial charge is 0.489 e. The zero-order valence-corrected chi connectivity index (χ0v) is 17.1. The first-order chi connectivity index (χ1) is 13.8. The number of rotatable bonds is 6. The van der Waals surface area contributed by atoms with Crippen molar-refractivity contribution >= 4 is 26.7 Å². The highest BCUT2D eigenvalue weighted by molar-refractivity contribution is 7.91. The fraction of sp³-hybridized carbons (Fsp3) is 0.318. The van der Waals surface area contributed by atoms with Gasteiger partial charge in [0.15, 0.2) is 9.84 Å². The highest BCUT2D eigenvalue weighted by atomic mass is 32.2. The van der Waals surface area contributed by atoms with Crippen molar-refractivity contribution in [3.63, 3.8) is 0 Å². The lowest BCUT2D eigenvalue weighted by Gasteiger charge is -2.20. The average molecular weight is 413 g/mol. The Bertz CT molecular complexity index is 1180. The van der Waals surface area contributed by atoms with Gasteiger partial charge in [0, 0.05) is 29.4 Å². The summed E-state index contributed by atoms with van der Waals surface area (Å²) in [7, 11) is -3.54. The van der Waals surface area contributed by atoms with Crippen molar-refractivity contribution in [1.29, 1.82) is 0 Å². The van der Waals surface area contributed by atoms with Gasteiger partial charge in [-0.1, -0.05) is 30.3 Å². The second-order valence-electron chi connectivity index (χ2n) is 7.64. The molecule has 0 aliphatic carbocycles. The number of carboxylic acid groups (broad SMARTS) is 1. The molecular formula is C22H23NO5S. The van der Waals surface area contributed by atoms with E-state index in [-0.39, 0.29) is 10.9 Å². The summed E-state index contributed by atoms with van der Waals surface area (Å²) in [6.45, 7) is 2.01. The predicted octanol–water partition coefficient (Wildman–Crippen LogP) is 3.83. The number of aromatic nitrogens is 1. The molecule has 1 aliphatic heterocycles. The number of carboxylic acids is 1. The van der Waals surface area contributed by atoms with Gasteiger partial charge in [-0.25, -0.2) is 8.42 Å². The van der Waals surface area contributed by atoms with Crippen LogP contribution in [0.5, 0.6) is 5.75 Å². The number of aliphatic carboxylic acids is 1. The molecule has 4 rings (SSSR count). The third kappa shape index (κ3) is 3.62. The number of fused-ring (bicyclic) bond motifs is 3. The van der Waals surface area contributed by atoms with Crippen molar-refractivity contribution in [2.45, 2.75) is 37.3 Å². The normalized spacial score (nSPS) is 17.2. The third-order valence-electron chi connectivity index (χ3n) is 5.59. The number of hydrogen-bond donors (Lipinski definition) is 1. The molecule has 6 nitrogen and oxygen atoms in total. The number of sulfone groups is 1. The quantitative estimate of drug-likeness (QED) is 0.664. The minimum Gasteiger partial charge on any atom is -0.489 e. The van der Waals surface area contributed by atoms with Crippen LogP contribution in [0.1, 0.15) is 30.6 Å². The van der Waals surface area contributed by atoms with E-state index in [1.807, 2.05) is 47.0 Å². The van der Waals surface area contributed by atoms with E-state index in [1.54, 1.807) is 13.0 Å². The molecule has 1 N–H and O–H groups in total. The minimum absolute atomic E-state index is 0.175. The molecule has 152 valence electrons. The smallest absolute Gasteiger partial charge is 0.308 e. The van der Waals surface area contributed by atoms with Gasteiger partial charge in [0.2, 0.25) is 0 Å². The second kappa shape index (κ2) is 7.22. The summed E-state index contributed by atoms with van der Waals surface area (Å²) in [4.78, 5) is 11.7. The first-order valence-electron chi connectivity index (χ1n) is 9.53. The second-order valence-corrected chi connectivity index (χ2v) is 9.63. The Kier molecular flexibility index (Phi) is 4.86. The van der Waals surface area contributed by atoms with Crippen molar-refractivity contribution in [3.8, 4) is 5.75 Å². The molecule has 0 amide bonds. The van der Waals surface area contributed by atoms with Crippen molar-refractivity contribution in [2.75, 3.05) is 6.26 Å². The van der Waals surface area contributed by atoms with E-state index < -0.39 is 21.7 Å². The number of aryl methyl sites for hydroxylation is 1. The van der Waals surface area contributed by atoms with E-state index in [4.69, 9.17) is 4.74 Å². The third-order valence-corrected chi connectivity index (χ3v) is 6.70. The zero-order valence-electron chi connectivity index (χ0n) is 16.3. The Morgan fingerprint density at radius 2 is 1.97 bits per heavy atom. The van der Waals surface area contributed by atoms with Gasteiger partial charge in [0.05, 0.1) is 16.3 Å². The fourth-order valence-electron chi connectivity index (χ4n) is 4.10. The Hall–Kier alpha value is -2.80. The Morgan fingerprint density at radius 1 is 1.24 bits per heavy atom. The molecule has 0 bridgehead atoms. The molecular weight excluding hydrogens is 390 g/mol. The minimum atomic E-state index is -3.54. The van der Waals surface area contributed by atoms with Gasteiger partial charge in [-0.3, -0.25) is 4.79 Å².